The first-order chi connectivity index (χ1) is 7.18. The fourth-order valence-electron chi connectivity index (χ4n) is 1.88. The summed E-state index contributed by atoms with van der Waals surface area (Å²) in [4.78, 5) is 0. The second-order valence-electron chi connectivity index (χ2n) is 4.34. The first-order valence-corrected chi connectivity index (χ1v) is 7.40. The molecule has 1 aliphatic carbocycles. The van der Waals surface area contributed by atoms with E-state index in [0.717, 1.165) is 6.26 Å². The van der Waals surface area contributed by atoms with E-state index in [-0.39, 0.29) is 6.10 Å². The summed E-state index contributed by atoms with van der Waals surface area (Å²) in [6.07, 6.45) is 1.45. The maximum Gasteiger partial charge on any atom is 0.265 e. The van der Waals surface area contributed by atoms with Gasteiger partial charge in [-0.1, -0.05) is 15.9 Å². The van der Waals surface area contributed by atoms with Crippen LogP contribution in [0.25, 0.3) is 0 Å². The zero-order chi connectivity index (χ0) is 12.1. The standard InChI is InChI=1S/C9H13BrO5S/c1-9(2)13-6-4-5(10)7(8(6)14-9)15-16(3,11)12/h4,6-8H,1-3H3/t6-,7+,8-/m1/s1. The van der Waals surface area contributed by atoms with E-state index in [9.17, 15) is 8.42 Å². The van der Waals surface area contributed by atoms with Gasteiger partial charge < -0.3 is 9.47 Å². The Bertz CT molecular complexity index is 427. The molecule has 1 fully saturated rings. The van der Waals surface area contributed by atoms with Crippen LogP contribution in [-0.2, 0) is 23.8 Å². The molecule has 1 aliphatic heterocycles. The van der Waals surface area contributed by atoms with Crippen molar-refractivity contribution in [3.05, 3.63) is 10.6 Å². The molecule has 0 saturated carbocycles. The molecule has 7 heteroatoms. The van der Waals surface area contributed by atoms with Crippen molar-refractivity contribution in [2.24, 2.45) is 0 Å². The molecule has 0 aromatic rings. The molecule has 1 saturated heterocycles. The third-order valence-corrected chi connectivity index (χ3v) is 3.61. The number of rotatable bonds is 2. The number of hydrogen-bond acceptors (Lipinski definition) is 5. The summed E-state index contributed by atoms with van der Waals surface area (Å²) in [6, 6.07) is 0. The van der Waals surface area contributed by atoms with Crippen LogP contribution in [0.2, 0.25) is 0 Å². The highest BCUT2D eigenvalue weighted by atomic mass is 79.9. The van der Waals surface area contributed by atoms with E-state index >= 15 is 0 Å². The summed E-state index contributed by atoms with van der Waals surface area (Å²) in [5, 5.41) is 0. The molecule has 0 bridgehead atoms. The first kappa shape index (κ1) is 12.5. The van der Waals surface area contributed by atoms with E-state index < -0.39 is 28.1 Å². The van der Waals surface area contributed by atoms with E-state index in [1.165, 1.54) is 0 Å². The lowest BCUT2D eigenvalue weighted by molar-refractivity contribution is -0.150. The largest absolute Gasteiger partial charge is 0.341 e. The average Bonchev–Trinajstić information content (AvgIpc) is 2.45. The normalized spacial score (nSPS) is 37.2. The zero-order valence-electron chi connectivity index (χ0n) is 9.14. The van der Waals surface area contributed by atoms with Crippen LogP contribution in [0.4, 0.5) is 0 Å². The Balaban J connectivity index is 2.19. The molecule has 0 spiro atoms. The number of fused-ring (bicyclic) bond motifs is 1. The summed E-state index contributed by atoms with van der Waals surface area (Å²) in [7, 11) is -3.52. The van der Waals surface area contributed by atoms with Gasteiger partial charge in [-0.05, 0) is 19.9 Å². The molecule has 0 amide bonds. The van der Waals surface area contributed by atoms with Crippen molar-refractivity contribution in [1.82, 2.24) is 0 Å². The summed E-state index contributed by atoms with van der Waals surface area (Å²) in [6.45, 7) is 3.56. The molecule has 16 heavy (non-hydrogen) atoms. The van der Waals surface area contributed by atoms with Gasteiger partial charge in [0.1, 0.15) is 18.3 Å². The van der Waals surface area contributed by atoms with Crippen molar-refractivity contribution in [3.63, 3.8) is 0 Å². The molecule has 92 valence electrons. The van der Waals surface area contributed by atoms with Crippen molar-refractivity contribution in [1.29, 1.82) is 0 Å². The molecule has 0 aromatic heterocycles. The second kappa shape index (κ2) is 3.78. The molecule has 1 heterocycles. The third kappa shape index (κ3) is 2.48. The highest BCUT2D eigenvalue weighted by Crippen LogP contribution is 2.40. The molecule has 2 aliphatic rings. The first-order valence-electron chi connectivity index (χ1n) is 4.79. The molecule has 0 aromatic carbocycles. The van der Waals surface area contributed by atoms with E-state index in [1.54, 1.807) is 19.9 Å². The van der Waals surface area contributed by atoms with E-state index in [1.807, 2.05) is 0 Å². The highest BCUT2D eigenvalue weighted by molar-refractivity contribution is 9.11. The molecule has 2 rings (SSSR count). The van der Waals surface area contributed by atoms with Gasteiger partial charge in [-0.3, -0.25) is 4.18 Å². The van der Waals surface area contributed by atoms with Gasteiger partial charge in [-0.15, -0.1) is 0 Å². The average molecular weight is 313 g/mol. The van der Waals surface area contributed by atoms with Gasteiger partial charge in [-0.25, -0.2) is 0 Å². The number of hydrogen-bond donors (Lipinski definition) is 0. The Morgan fingerprint density at radius 1 is 1.44 bits per heavy atom. The minimum Gasteiger partial charge on any atom is -0.341 e. The van der Waals surface area contributed by atoms with Crippen molar-refractivity contribution in [3.8, 4) is 0 Å². The second-order valence-corrected chi connectivity index (χ2v) is 6.85. The summed E-state index contributed by atoms with van der Waals surface area (Å²) < 4.78 is 39.0. The molecular formula is C9H13BrO5S. The molecule has 0 radical (unpaired) electrons. The third-order valence-electron chi connectivity index (χ3n) is 2.34. The van der Waals surface area contributed by atoms with Gasteiger partial charge in [-0.2, -0.15) is 8.42 Å². The van der Waals surface area contributed by atoms with Crippen LogP contribution in [0.15, 0.2) is 10.6 Å². The fourth-order valence-corrected chi connectivity index (χ4v) is 3.21. The van der Waals surface area contributed by atoms with Crippen LogP contribution >= 0.6 is 15.9 Å². The number of halogens is 1. The molecule has 0 unspecified atom stereocenters. The van der Waals surface area contributed by atoms with Gasteiger partial charge >= 0.3 is 0 Å². The van der Waals surface area contributed by atoms with Gasteiger partial charge in [0.25, 0.3) is 10.1 Å². The zero-order valence-corrected chi connectivity index (χ0v) is 11.5. The SMILES string of the molecule is CC1(C)O[C@@H]2[C@@H](C=C(Br)[C@@H]2OS(C)(=O)=O)O1. The lowest BCUT2D eigenvalue weighted by atomic mass is 10.2. The fraction of sp³-hybridized carbons (Fsp3) is 0.778. The lowest BCUT2D eigenvalue weighted by Crippen LogP contribution is -2.33. The van der Waals surface area contributed by atoms with Crippen LogP contribution in [0.5, 0.6) is 0 Å². The van der Waals surface area contributed by atoms with E-state index in [4.69, 9.17) is 13.7 Å². The Hall–Kier alpha value is 0.0500. The predicted molar refractivity (Wildman–Crippen MR) is 60.6 cm³/mol. The molecular weight excluding hydrogens is 300 g/mol. The van der Waals surface area contributed by atoms with Gasteiger partial charge in [0.05, 0.1) is 6.26 Å². The Kier molecular flexibility index (Phi) is 2.95. The summed E-state index contributed by atoms with van der Waals surface area (Å²) in [5.41, 5.74) is 0. The lowest BCUT2D eigenvalue weighted by Gasteiger charge is -2.21. The van der Waals surface area contributed by atoms with Crippen molar-refractivity contribution in [2.75, 3.05) is 6.26 Å². The van der Waals surface area contributed by atoms with Gasteiger partial charge in [0, 0.05) is 4.48 Å². The molecule has 5 nitrogen and oxygen atoms in total. The van der Waals surface area contributed by atoms with Crippen LogP contribution in [-0.4, -0.2) is 38.8 Å². The quantitative estimate of drug-likeness (QED) is 0.716. The summed E-state index contributed by atoms with van der Waals surface area (Å²) in [5.74, 6) is -0.710. The van der Waals surface area contributed by atoms with Crippen molar-refractivity contribution in [2.45, 2.75) is 37.9 Å². The van der Waals surface area contributed by atoms with Crippen molar-refractivity contribution >= 4 is 26.0 Å². The van der Waals surface area contributed by atoms with E-state index in [0.29, 0.717) is 4.48 Å². The maximum atomic E-state index is 11.1. The number of ether oxygens (including phenoxy) is 2. The van der Waals surface area contributed by atoms with Crippen LogP contribution in [0, 0.1) is 0 Å². The molecule has 3 atom stereocenters. The Morgan fingerprint density at radius 3 is 2.62 bits per heavy atom. The van der Waals surface area contributed by atoms with Crippen LogP contribution in [0.3, 0.4) is 0 Å². The predicted octanol–water partition coefficient (Wildman–Crippen LogP) is 1.14. The summed E-state index contributed by atoms with van der Waals surface area (Å²) >= 11 is 3.26. The van der Waals surface area contributed by atoms with Gasteiger partial charge in [0.2, 0.25) is 0 Å². The van der Waals surface area contributed by atoms with Gasteiger partial charge in [0.15, 0.2) is 5.79 Å². The van der Waals surface area contributed by atoms with Crippen LogP contribution in [0.1, 0.15) is 13.8 Å². The topological polar surface area (TPSA) is 61.8 Å². The highest BCUT2D eigenvalue weighted by Gasteiger charge is 2.50. The Labute approximate surface area is 103 Å². The van der Waals surface area contributed by atoms with Crippen LogP contribution < -0.4 is 0 Å². The smallest absolute Gasteiger partial charge is 0.265 e. The Morgan fingerprint density at radius 2 is 2.06 bits per heavy atom. The van der Waals surface area contributed by atoms with E-state index in [2.05, 4.69) is 15.9 Å². The monoisotopic (exact) mass is 312 g/mol. The minimum absolute atomic E-state index is 0.267. The minimum atomic E-state index is -3.52. The maximum absolute atomic E-state index is 11.1. The van der Waals surface area contributed by atoms with Crippen molar-refractivity contribution < 1.29 is 22.1 Å². The molecule has 0 N–H and O–H groups in total.